The molecule has 0 aromatic rings. The molecule has 2 aliphatic rings. The molecule has 19 heavy (non-hydrogen) atoms. The molecule has 0 aromatic carbocycles. The molecule has 0 radical (unpaired) electrons. The molecule has 9 heteroatoms. The zero-order chi connectivity index (χ0) is 14.5. The normalized spacial score (nSPS) is 36.5. The van der Waals surface area contributed by atoms with Gasteiger partial charge in [0.15, 0.2) is 5.72 Å². The summed E-state index contributed by atoms with van der Waals surface area (Å²) in [6, 6.07) is 0. The van der Waals surface area contributed by atoms with Crippen LogP contribution in [0.25, 0.3) is 0 Å². The Kier molecular flexibility index (Phi) is 5.88. The summed E-state index contributed by atoms with van der Waals surface area (Å²) in [5.41, 5.74) is -1.13. The third-order valence-electron chi connectivity index (χ3n) is 3.05. The van der Waals surface area contributed by atoms with Gasteiger partial charge in [0, 0.05) is 0 Å². The lowest BCUT2D eigenvalue weighted by Crippen LogP contribution is -2.55. The Labute approximate surface area is 110 Å². The van der Waals surface area contributed by atoms with E-state index in [-0.39, 0.29) is 19.3 Å². The van der Waals surface area contributed by atoms with Crippen LogP contribution in [0, 0.1) is 10.1 Å². The molecule has 2 heterocycles. The lowest BCUT2D eigenvalue weighted by molar-refractivity contribution is -0.742. The van der Waals surface area contributed by atoms with Crippen molar-refractivity contribution in [1.82, 2.24) is 5.32 Å². The molecule has 0 saturated carbocycles. The molecule has 0 bridgehead atoms. The molecule has 2 aliphatic heterocycles. The van der Waals surface area contributed by atoms with E-state index in [0.717, 1.165) is 19.4 Å². The minimum Gasteiger partial charge on any atom is -0.388 e. The SMILES string of the molecule is CCCCN[C@]1(O)CO[C@@H]2[C@@H](O)CO[C@@H]21.O=[N+]([O-])O. The van der Waals surface area contributed by atoms with Crippen molar-refractivity contribution in [2.75, 3.05) is 19.8 Å². The number of hydrogen-bond donors (Lipinski definition) is 4. The molecule has 0 unspecified atom stereocenters. The number of aliphatic hydroxyl groups excluding tert-OH is 1. The molecular weight excluding hydrogens is 260 g/mol. The van der Waals surface area contributed by atoms with Crippen molar-refractivity contribution in [3.8, 4) is 0 Å². The second-order valence-corrected chi connectivity index (χ2v) is 4.54. The Balaban J connectivity index is 0.000000399. The Morgan fingerprint density at radius 3 is 2.74 bits per heavy atom. The van der Waals surface area contributed by atoms with Crippen LogP contribution in [0.3, 0.4) is 0 Å². The Morgan fingerprint density at radius 1 is 1.53 bits per heavy atom. The van der Waals surface area contributed by atoms with Crippen LogP contribution in [0.1, 0.15) is 19.8 Å². The first-order valence-corrected chi connectivity index (χ1v) is 6.12. The fourth-order valence-corrected chi connectivity index (χ4v) is 2.14. The van der Waals surface area contributed by atoms with Crippen LogP contribution in [0.5, 0.6) is 0 Å². The lowest BCUT2D eigenvalue weighted by atomic mass is 10.0. The molecule has 4 N–H and O–H groups in total. The van der Waals surface area contributed by atoms with Crippen molar-refractivity contribution in [1.29, 1.82) is 0 Å². The van der Waals surface area contributed by atoms with E-state index in [2.05, 4.69) is 12.2 Å². The molecule has 9 nitrogen and oxygen atoms in total. The van der Waals surface area contributed by atoms with Gasteiger partial charge >= 0.3 is 0 Å². The maximum Gasteiger partial charge on any atom is 0.291 e. The summed E-state index contributed by atoms with van der Waals surface area (Å²) in [5.74, 6) is 0. The molecular formula is C10H20N2O7. The largest absolute Gasteiger partial charge is 0.388 e. The summed E-state index contributed by atoms with van der Waals surface area (Å²) in [4.78, 5) is 8.36. The quantitative estimate of drug-likeness (QED) is 0.220. The zero-order valence-corrected chi connectivity index (χ0v) is 10.7. The van der Waals surface area contributed by atoms with Crippen molar-refractivity contribution in [3.05, 3.63) is 10.1 Å². The van der Waals surface area contributed by atoms with E-state index in [0.29, 0.717) is 0 Å². The summed E-state index contributed by atoms with van der Waals surface area (Å²) in [6.45, 7) is 3.25. The summed E-state index contributed by atoms with van der Waals surface area (Å²) >= 11 is 0. The summed E-state index contributed by atoms with van der Waals surface area (Å²) in [6.07, 6.45) is 0.634. The number of rotatable bonds is 4. The van der Waals surface area contributed by atoms with E-state index < -0.39 is 23.0 Å². The first kappa shape index (κ1) is 16.1. The van der Waals surface area contributed by atoms with Gasteiger partial charge in [0.25, 0.3) is 5.09 Å². The molecule has 0 aliphatic carbocycles. The standard InChI is InChI=1S/C10H19NO4.HNO3/c1-2-3-4-11-10(13)6-15-8-7(12)5-14-9(8)10;2-1(3)4/h7-9,11-13H,2-6H2,1H3;(H,2,3,4)/t7-,8+,9-,10-;/m0./s1. The van der Waals surface area contributed by atoms with Gasteiger partial charge in [-0.15, -0.1) is 10.1 Å². The van der Waals surface area contributed by atoms with Crippen LogP contribution >= 0.6 is 0 Å². The number of nitrogens with zero attached hydrogens (tertiary/aromatic N) is 1. The zero-order valence-electron chi connectivity index (χ0n) is 10.7. The third-order valence-corrected chi connectivity index (χ3v) is 3.05. The average Bonchev–Trinajstić information content (AvgIpc) is 2.83. The molecule has 0 aromatic heterocycles. The Bertz CT molecular complexity index is 300. The van der Waals surface area contributed by atoms with Gasteiger partial charge < -0.3 is 24.9 Å². The molecule has 0 amide bonds. The highest BCUT2D eigenvalue weighted by Crippen LogP contribution is 2.32. The summed E-state index contributed by atoms with van der Waals surface area (Å²) in [5, 5.41) is 36.4. The number of hydrogen-bond acceptors (Lipinski definition) is 7. The first-order chi connectivity index (χ1) is 8.90. The highest BCUT2D eigenvalue weighted by molar-refractivity contribution is 5.02. The molecule has 2 saturated heterocycles. The van der Waals surface area contributed by atoms with E-state index >= 15 is 0 Å². The van der Waals surface area contributed by atoms with E-state index in [1.807, 2.05) is 0 Å². The predicted octanol–water partition coefficient (Wildman–Crippen LogP) is -1.12. The Morgan fingerprint density at radius 2 is 2.16 bits per heavy atom. The minimum absolute atomic E-state index is 0.184. The van der Waals surface area contributed by atoms with Gasteiger partial charge in [-0.3, -0.25) is 5.32 Å². The smallest absolute Gasteiger partial charge is 0.291 e. The van der Waals surface area contributed by atoms with Crippen molar-refractivity contribution < 1.29 is 30.0 Å². The van der Waals surface area contributed by atoms with Crippen LogP contribution < -0.4 is 5.32 Å². The molecule has 4 atom stereocenters. The van der Waals surface area contributed by atoms with Gasteiger partial charge in [-0.2, -0.15) is 0 Å². The maximum absolute atomic E-state index is 10.2. The van der Waals surface area contributed by atoms with Crippen molar-refractivity contribution in [3.63, 3.8) is 0 Å². The van der Waals surface area contributed by atoms with Gasteiger partial charge in [0.05, 0.1) is 13.2 Å². The van der Waals surface area contributed by atoms with E-state index in [4.69, 9.17) is 24.8 Å². The number of ether oxygens (including phenoxy) is 2. The van der Waals surface area contributed by atoms with E-state index in [9.17, 15) is 10.2 Å². The fourth-order valence-electron chi connectivity index (χ4n) is 2.14. The second-order valence-electron chi connectivity index (χ2n) is 4.54. The number of aliphatic hydroxyl groups is 2. The summed E-state index contributed by atoms with van der Waals surface area (Å²) in [7, 11) is 0. The van der Waals surface area contributed by atoms with Crippen LogP contribution in [-0.4, -0.2) is 64.3 Å². The highest BCUT2D eigenvalue weighted by Gasteiger charge is 2.55. The van der Waals surface area contributed by atoms with Crippen molar-refractivity contribution in [2.24, 2.45) is 0 Å². The molecule has 0 spiro atoms. The van der Waals surface area contributed by atoms with Crippen molar-refractivity contribution >= 4 is 0 Å². The minimum atomic E-state index is -1.50. The average molecular weight is 280 g/mol. The lowest BCUT2D eigenvalue weighted by Gasteiger charge is -2.27. The predicted molar refractivity (Wildman–Crippen MR) is 62.1 cm³/mol. The van der Waals surface area contributed by atoms with Crippen LogP contribution in [0.2, 0.25) is 0 Å². The number of unbranched alkanes of at least 4 members (excludes halogenated alkanes) is 1. The third kappa shape index (κ3) is 4.25. The second kappa shape index (κ2) is 6.96. The van der Waals surface area contributed by atoms with Gasteiger partial charge in [-0.05, 0) is 13.0 Å². The van der Waals surface area contributed by atoms with Gasteiger partial charge in [0.1, 0.15) is 18.3 Å². The highest BCUT2D eigenvalue weighted by atomic mass is 16.9. The number of nitrogens with one attached hydrogen (secondary N) is 1. The van der Waals surface area contributed by atoms with Gasteiger partial charge in [-0.1, -0.05) is 13.3 Å². The van der Waals surface area contributed by atoms with E-state index in [1.165, 1.54) is 0 Å². The first-order valence-electron chi connectivity index (χ1n) is 6.12. The van der Waals surface area contributed by atoms with Crippen LogP contribution in [-0.2, 0) is 9.47 Å². The van der Waals surface area contributed by atoms with Crippen LogP contribution in [0.4, 0.5) is 0 Å². The number of fused-ring (bicyclic) bond motifs is 1. The van der Waals surface area contributed by atoms with E-state index in [1.54, 1.807) is 0 Å². The van der Waals surface area contributed by atoms with Crippen molar-refractivity contribution in [2.45, 2.75) is 43.8 Å². The van der Waals surface area contributed by atoms with Gasteiger partial charge in [-0.25, -0.2) is 0 Å². The monoisotopic (exact) mass is 280 g/mol. The fraction of sp³-hybridized carbons (Fsp3) is 1.00. The van der Waals surface area contributed by atoms with Crippen LogP contribution in [0.15, 0.2) is 0 Å². The molecule has 2 rings (SSSR count). The topological polar surface area (TPSA) is 134 Å². The molecule has 112 valence electrons. The molecule has 2 fully saturated rings. The summed E-state index contributed by atoms with van der Waals surface area (Å²) < 4.78 is 10.7. The van der Waals surface area contributed by atoms with Gasteiger partial charge in [0.2, 0.25) is 0 Å². The Hall–Kier alpha value is -1.00. The maximum atomic E-state index is 10.2.